The molecule has 0 saturated carbocycles. The minimum atomic E-state index is -0.629. The molecule has 3 heterocycles. The average Bonchev–Trinajstić information content (AvgIpc) is 3.36. The van der Waals surface area contributed by atoms with Crippen LogP contribution in [0.1, 0.15) is 18.0 Å². The quantitative estimate of drug-likeness (QED) is 0.407. The highest BCUT2D eigenvalue weighted by molar-refractivity contribution is 6.33. The molecule has 3 atom stereocenters. The molecule has 0 N–H and O–H groups in total. The lowest BCUT2D eigenvalue weighted by atomic mass is 9.90. The molecule has 0 unspecified atom stereocenters. The maximum Gasteiger partial charge on any atom is 0.289 e. The summed E-state index contributed by atoms with van der Waals surface area (Å²) in [7, 11) is 0. The van der Waals surface area contributed by atoms with E-state index in [0.29, 0.717) is 11.6 Å². The van der Waals surface area contributed by atoms with Crippen LogP contribution in [0.25, 0.3) is 0 Å². The Balaban J connectivity index is 1.58. The van der Waals surface area contributed by atoms with Gasteiger partial charge in [0, 0.05) is 24.2 Å². The lowest BCUT2D eigenvalue weighted by Crippen LogP contribution is -2.44. The molecule has 3 aliphatic heterocycles. The molecule has 0 radical (unpaired) electrons. The standard InChI is InChI=1S/C20H16Cl2N4O4/c21-12-4-2-11(3-5-12)17-16-18(24-9-1-8-23(17)24)20(28)25(19(16)27)13-6-7-14(22)15(10-13)26(29)30/h2-7,10,16-18H,1,8-9H2/t16-,17+,18-/m0/s1. The molecule has 2 amide bonds. The van der Waals surface area contributed by atoms with Gasteiger partial charge in [-0.1, -0.05) is 35.3 Å². The number of carbonyl (C=O) groups is 2. The number of anilines is 1. The van der Waals surface area contributed by atoms with E-state index in [1.807, 2.05) is 17.1 Å². The van der Waals surface area contributed by atoms with E-state index in [9.17, 15) is 19.7 Å². The number of nitro groups is 1. The Labute approximate surface area is 181 Å². The second-order valence-corrected chi connectivity index (χ2v) is 8.40. The zero-order chi connectivity index (χ0) is 21.2. The number of halogens is 2. The number of benzene rings is 2. The van der Waals surface area contributed by atoms with E-state index in [2.05, 4.69) is 5.01 Å². The van der Waals surface area contributed by atoms with Gasteiger partial charge in [0.2, 0.25) is 5.91 Å². The van der Waals surface area contributed by atoms with E-state index in [4.69, 9.17) is 23.2 Å². The van der Waals surface area contributed by atoms with Gasteiger partial charge in [0.1, 0.15) is 11.1 Å². The minimum absolute atomic E-state index is 0.0483. The van der Waals surface area contributed by atoms with Crippen molar-refractivity contribution in [1.82, 2.24) is 10.0 Å². The van der Waals surface area contributed by atoms with Gasteiger partial charge >= 0.3 is 0 Å². The number of amides is 2. The van der Waals surface area contributed by atoms with E-state index < -0.39 is 16.9 Å². The first-order chi connectivity index (χ1) is 14.4. The van der Waals surface area contributed by atoms with Crippen molar-refractivity contribution in [2.45, 2.75) is 18.5 Å². The maximum absolute atomic E-state index is 13.5. The topological polar surface area (TPSA) is 87.0 Å². The van der Waals surface area contributed by atoms with Crippen LogP contribution in [-0.2, 0) is 9.59 Å². The van der Waals surface area contributed by atoms with Crippen LogP contribution >= 0.6 is 23.2 Å². The van der Waals surface area contributed by atoms with Crippen LogP contribution in [0.4, 0.5) is 11.4 Å². The molecule has 0 aromatic heterocycles. The van der Waals surface area contributed by atoms with E-state index in [-0.39, 0.29) is 34.3 Å². The normalized spacial score (nSPS) is 26.3. The summed E-state index contributed by atoms with van der Waals surface area (Å²) in [5, 5.41) is 15.9. The summed E-state index contributed by atoms with van der Waals surface area (Å²) in [6, 6.07) is 10.3. The lowest BCUT2D eigenvalue weighted by Gasteiger charge is -2.29. The number of nitrogens with zero attached hydrogens (tertiary/aromatic N) is 4. The highest BCUT2D eigenvalue weighted by Gasteiger charge is 2.62. The van der Waals surface area contributed by atoms with Gasteiger partial charge in [-0.25, -0.2) is 14.9 Å². The molecule has 3 fully saturated rings. The Morgan fingerprint density at radius 3 is 2.27 bits per heavy atom. The van der Waals surface area contributed by atoms with Crippen molar-refractivity contribution in [3.05, 3.63) is 68.2 Å². The first kappa shape index (κ1) is 19.4. The van der Waals surface area contributed by atoms with Crippen molar-refractivity contribution >= 4 is 46.4 Å². The number of hydrogen-bond donors (Lipinski definition) is 0. The van der Waals surface area contributed by atoms with Crippen molar-refractivity contribution in [1.29, 1.82) is 0 Å². The Bertz CT molecular complexity index is 1080. The van der Waals surface area contributed by atoms with Gasteiger partial charge in [-0.05, 0) is 36.2 Å². The van der Waals surface area contributed by atoms with Crippen molar-refractivity contribution < 1.29 is 14.5 Å². The summed E-state index contributed by atoms with van der Waals surface area (Å²) >= 11 is 11.9. The second-order valence-electron chi connectivity index (χ2n) is 7.55. The minimum Gasteiger partial charge on any atom is -0.274 e. The van der Waals surface area contributed by atoms with E-state index in [0.717, 1.165) is 23.4 Å². The molecule has 8 nitrogen and oxygen atoms in total. The third kappa shape index (κ3) is 2.75. The molecule has 2 aromatic carbocycles. The third-order valence-corrected chi connectivity index (χ3v) is 6.57. The van der Waals surface area contributed by atoms with Gasteiger partial charge in [-0.3, -0.25) is 19.7 Å². The number of imide groups is 1. The molecule has 0 aliphatic carbocycles. The molecule has 2 aromatic rings. The van der Waals surface area contributed by atoms with Crippen LogP contribution in [0.5, 0.6) is 0 Å². The predicted molar refractivity (Wildman–Crippen MR) is 110 cm³/mol. The van der Waals surface area contributed by atoms with Gasteiger partial charge in [0.05, 0.1) is 22.6 Å². The number of hydrogen-bond acceptors (Lipinski definition) is 6. The number of nitro benzene ring substituents is 1. The summed E-state index contributed by atoms with van der Waals surface area (Å²) in [5.74, 6) is -1.34. The monoisotopic (exact) mass is 446 g/mol. The number of fused-ring (bicyclic) bond motifs is 3. The van der Waals surface area contributed by atoms with Crippen molar-refractivity contribution in [3.8, 4) is 0 Å². The van der Waals surface area contributed by atoms with E-state index >= 15 is 0 Å². The van der Waals surface area contributed by atoms with Crippen LogP contribution in [0.2, 0.25) is 10.0 Å². The summed E-state index contributed by atoms with van der Waals surface area (Å²) < 4.78 is 0. The van der Waals surface area contributed by atoms with Crippen LogP contribution in [0.15, 0.2) is 42.5 Å². The summed E-state index contributed by atoms with van der Waals surface area (Å²) in [6.07, 6.45) is 0.890. The van der Waals surface area contributed by atoms with Crippen molar-refractivity contribution in [3.63, 3.8) is 0 Å². The zero-order valence-corrected chi connectivity index (χ0v) is 17.1. The highest BCUT2D eigenvalue weighted by Crippen LogP contribution is 2.49. The molecular formula is C20H16Cl2N4O4. The van der Waals surface area contributed by atoms with Gasteiger partial charge in [-0.15, -0.1) is 0 Å². The molecular weight excluding hydrogens is 431 g/mol. The van der Waals surface area contributed by atoms with Gasteiger partial charge < -0.3 is 0 Å². The predicted octanol–water partition coefficient (Wildman–Crippen LogP) is 3.44. The number of rotatable bonds is 3. The van der Waals surface area contributed by atoms with Gasteiger partial charge in [0.25, 0.3) is 11.6 Å². The molecule has 5 rings (SSSR count). The fraction of sp³-hybridized carbons (Fsp3) is 0.300. The molecule has 3 saturated heterocycles. The van der Waals surface area contributed by atoms with Crippen LogP contribution in [0, 0.1) is 16.0 Å². The smallest absolute Gasteiger partial charge is 0.274 e. The Hall–Kier alpha value is -2.52. The van der Waals surface area contributed by atoms with Crippen LogP contribution < -0.4 is 4.90 Å². The maximum atomic E-state index is 13.5. The third-order valence-electron chi connectivity index (χ3n) is 6.00. The summed E-state index contributed by atoms with van der Waals surface area (Å²) in [4.78, 5) is 38.5. The Morgan fingerprint density at radius 2 is 1.60 bits per heavy atom. The average molecular weight is 447 g/mol. The summed E-state index contributed by atoms with van der Waals surface area (Å²) in [6.45, 7) is 1.44. The molecule has 3 aliphatic rings. The largest absolute Gasteiger partial charge is 0.289 e. The van der Waals surface area contributed by atoms with E-state index in [1.165, 1.54) is 18.2 Å². The Morgan fingerprint density at radius 1 is 0.933 bits per heavy atom. The van der Waals surface area contributed by atoms with Crippen LogP contribution in [-0.4, -0.2) is 45.9 Å². The fourth-order valence-corrected chi connectivity index (χ4v) is 5.12. The first-order valence-electron chi connectivity index (χ1n) is 9.49. The molecule has 30 heavy (non-hydrogen) atoms. The zero-order valence-electron chi connectivity index (χ0n) is 15.6. The molecule has 0 spiro atoms. The SMILES string of the molecule is O=C1[C@@H]2[C@@H](C(=O)N1c1ccc(Cl)c([N+](=O)[O-])c1)N1CCCN1[C@@H]2c1ccc(Cl)cc1. The second kappa shape index (κ2) is 7.02. The lowest BCUT2D eigenvalue weighted by molar-refractivity contribution is -0.384. The molecule has 10 heteroatoms. The first-order valence-corrected chi connectivity index (χ1v) is 10.2. The number of carbonyl (C=O) groups excluding carboxylic acids is 2. The van der Waals surface area contributed by atoms with E-state index in [1.54, 1.807) is 12.1 Å². The molecule has 0 bridgehead atoms. The highest BCUT2D eigenvalue weighted by atomic mass is 35.5. The Kier molecular flexibility index (Phi) is 4.55. The van der Waals surface area contributed by atoms with Crippen molar-refractivity contribution in [2.75, 3.05) is 18.0 Å². The van der Waals surface area contributed by atoms with Gasteiger partial charge in [0.15, 0.2) is 0 Å². The van der Waals surface area contributed by atoms with Crippen molar-refractivity contribution in [2.24, 2.45) is 5.92 Å². The van der Waals surface area contributed by atoms with Crippen LogP contribution in [0.3, 0.4) is 0 Å². The van der Waals surface area contributed by atoms with Gasteiger partial charge in [-0.2, -0.15) is 0 Å². The molecule has 154 valence electrons. The fourth-order valence-electron chi connectivity index (χ4n) is 4.81. The number of hydrazine groups is 1. The summed E-state index contributed by atoms with van der Waals surface area (Å²) in [5.41, 5.74) is 0.726.